The van der Waals surface area contributed by atoms with Gasteiger partial charge in [0.15, 0.2) is 0 Å². The van der Waals surface area contributed by atoms with Gasteiger partial charge in [0.25, 0.3) is 17.7 Å². The lowest BCUT2D eigenvalue weighted by molar-refractivity contribution is -0.137. The highest BCUT2D eigenvalue weighted by Crippen LogP contribution is 2.16. The Kier molecular flexibility index (Phi) is 39.5. The second kappa shape index (κ2) is 45.6. The molecule has 0 fully saturated rings. The van der Waals surface area contributed by atoms with Gasteiger partial charge >= 0.3 is 6.03 Å². The SMILES string of the molecule is CC(C)[C@H](NC(=O)[C@H](CCCCNC(=O)c1cnnn1CCOCCOCCOCCOCCN(C[C@H](O)[C@@H](O)[C@H](O)[C@H](O)CO)C[C@H](O)[C@@H](O)[C@H](O)[C@H](O)CO)NC(=O)CCCCCN1C(=O)C=CC1=O)C(=O)N[C@@H](CCCNC(N)=O)C(=O)Nc1ccc(CO)cc1. The highest BCUT2D eigenvalue weighted by Gasteiger charge is 2.36. The minimum absolute atomic E-state index is 0.00285. The monoisotopic (exact) mass is 1340 g/mol. The first-order valence-corrected chi connectivity index (χ1v) is 31.3. The van der Waals surface area contributed by atoms with Crippen LogP contribution in [-0.4, -0.2) is 301 Å². The van der Waals surface area contributed by atoms with Crippen LogP contribution in [0.15, 0.2) is 42.6 Å². The highest BCUT2D eigenvalue weighted by molar-refractivity contribution is 6.12. The summed E-state index contributed by atoms with van der Waals surface area (Å²) in [4.78, 5) is 106. The summed E-state index contributed by atoms with van der Waals surface area (Å²) < 4.78 is 23.6. The summed E-state index contributed by atoms with van der Waals surface area (Å²) in [5.41, 5.74) is 6.35. The molecule has 9 amide bonds. The lowest BCUT2D eigenvalue weighted by Crippen LogP contribution is -2.57. The van der Waals surface area contributed by atoms with E-state index in [9.17, 15) is 84.3 Å². The third kappa shape index (κ3) is 30.7. The maximum atomic E-state index is 14.1. The van der Waals surface area contributed by atoms with E-state index in [2.05, 4.69) is 42.2 Å². The Balaban J connectivity index is 1.46. The molecule has 2 aromatic rings. The zero-order valence-electron chi connectivity index (χ0n) is 53.2. The van der Waals surface area contributed by atoms with Crippen molar-refractivity contribution in [1.29, 1.82) is 0 Å². The van der Waals surface area contributed by atoms with Gasteiger partial charge in [0.05, 0.1) is 97.6 Å². The molecule has 35 nitrogen and oxygen atoms in total. The predicted molar refractivity (Wildman–Crippen MR) is 331 cm³/mol. The van der Waals surface area contributed by atoms with Crippen molar-refractivity contribution in [3.05, 3.63) is 53.9 Å². The first kappa shape index (κ1) is 81.5. The van der Waals surface area contributed by atoms with Crippen LogP contribution in [0.25, 0.3) is 0 Å². The van der Waals surface area contributed by atoms with E-state index in [4.69, 9.17) is 34.9 Å². The molecule has 11 atom stereocenters. The number of ether oxygens (including phenoxy) is 4. The molecule has 94 heavy (non-hydrogen) atoms. The summed E-state index contributed by atoms with van der Waals surface area (Å²) >= 11 is 0. The normalized spacial score (nSPS) is 16.0. The molecular formula is C59H98N12O23. The molecule has 1 aliphatic rings. The number of primary amides is 1. The molecule has 1 aromatic carbocycles. The van der Waals surface area contributed by atoms with Gasteiger partial charge in [0.2, 0.25) is 23.6 Å². The Morgan fingerprint density at radius 3 is 1.67 bits per heavy atom. The minimum atomic E-state index is -1.93. The van der Waals surface area contributed by atoms with Gasteiger partial charge in [0, 0.05) is 63.5 Å². The third-order valence-electron chi connectivity index (χ3n) is 14.8. The van der Waals surface area contributed by atoms with E-state index in [0.717, 1.165) is 4.90 Å². The number of urea groups is 1. The number of hydrogen-bond acceptors (Lipinski definition) is 26. The maximum Gasteiger partial charge on any atom is 0.312 e. The third-order valence-corrected chi connectivity index (χ3v) is 14.8. The molecule has 532 valence electrons. The quantitative estimate of drug-likeness (QED) is 0.0216. The number of carbonyl (C=O) groups excluding carboxylic acids is 8. The molecule has 0 saturated heterocycles. The Labute approximate surface area is 544 Å². The van der Waals surface area contributed by atoms with E-state index in [1.54, 1.807) is 38.1 Å². The molecule has 35 heteroatoms. The summed E-state index contributed by atoms with van der Waals surface area (Å²) in [5, 5.41) is 133. The first-order valence-electron chi connectivity index (χ1n) is 31.3. The van der Waals surface area contributed by atoms with Crippen LogP contribution >= 0.6 is 0 Å². The van der Waals surface area contributed by atoms with E-state index in [1.807, 2.05) is 0 Å². The summed E-state index contributed by atoms with van der Waals surface area (Å²) in [6, 6.07) is 2.14. The Morgan fingerprint density at radius 2 is 1.12 bits per heavy atom. The van der Waals surface area contributed by atoms with Crippen molar-refractivity contribution in [2.45, 2.75) is 152 Å². The largest absolute Gasteiger partial charge is 0.394 e. The van der Waals surface area contributed by atoms with Crippen LogP contribution in [-0.2, 0) is 60.9 Å². The first-order chi connectivity index (χ1) is 44.9. The zero-order valence-corrected chi connectivity index (χ0v) is 53.2. The molecule has 3 rings (SSSR count). The molecule has 0 bridgehead atoms. The smallest absolute Gasteiger partial charge is 0.312 e. The lowest BCUT2D eigenvalue weighted by atomic mass is 10.0. The maximum absolute atomic E-state index is 14.1. The van der Waals surface area contributed by atoms with E-state index < -0.39 is 147 Å². The summed E-state index contributed by atoms with van der Waals surface area (Å²) in [7, 11) is 0. The number of imide groups is 1. The number of nitrogens with two attached hydrogens (primary N) is 1. The number of carbonyl (C=O) groups is 8. The van der Waals surface area contributed by atoms with Gasteiger partial charge in [-0.15, -0.1) is 5.10 Å². The lowest BCUT2D eigenvalue weighted by Gasteiger charge is -2.33. The van der Waals surface area contributed by atoms with Crippen LogP contribution in [0.5, 0.6) is 0 Å². The van der Waals surface area contributed by atoms with Crippen molar-refractivity contribution in [3.8, 4) is 0 Å². The number of nitrogens with zero attached hydrogens (tertiary/aromatic N) is 5. The van der Waals surface area contributed by atoms with Crippen LogP contribution in [0.3, 0.4) is 0 Å². The van der Waals surface area contributed by atoms with Crippen molar-refractivity contribution in [3.63, 3.8) is 0 Å². The Morgan fingerprint density at radius 1 is 0.585 bits per heavy atom. The average molecular weight is 1340 g/mol. The van der Waals surface area contributed by atoms with Crippen LogP contribution in [0.1, 0.15) is 87.7 Å². The summed E-state index contributed by atoms with van der Waals surface area (Å²) in [6.45, 7) is 2.11. The number of rotatable bonds is 52. The second-order valence-corrected chi connectivity index (χ2v) is 22.6. The summed E-state index contributed by atoms with van der Waals surface area (Å²) in [5.74, 6) is -4.28. The van der Waals surface area contributed by atoms with Gasteiger partial charge in [-0.25, -0.2) is 9.48 Å². The molecule has 1 aliphatic heterocycles. The van der Waals surface area contributed by atoms with Crippen molar-refractivity contribution in [2.75, 3.05) is 111 Å². The molecule has 1 aromatic heterocycles. The number of aromatic nitrogens is 3. The van der Waals surface area contributed by atoms with Crippen LogP contribution in [0.2, 0.25) is 0 Å². The van der Waals surface area contributed by atoms with Crippen LogP contribution in [0.4, 0.5) is 10.5 Å². The Hall–Kier alpha value is -6.78. The van der Waals surface area contributed by atoms with Crippen molar-refractivity contribution in [2.24, 2.45) is 11.7 Å². The summed E-state index contributed by atoms with van der Waals surface area (Å²) in [6.07, 6.45) is -8.68. The van der Waals surface area contributed by atoms with E-state index in [-0.39, 0.29) is 124 Å². The number of nitrogens with one attached hydrogen (secondary N) is 6. The van der Waals surface area contributed by atoms with E-state index in [1.165, 1.54) is 27.9 Å². The number of benzene rings is 1. The fourth-order valence-electron chi connectivity index (χ4n) is 9.28. The van der Waals surface area contributed by atoms with Gasteiger partial charge < -0.3 is 113 Å². The van der Waals surface area contributed by atoms with Crippen molar-refractivity contribution < 1.29 is 113 Å². The minimum Gasteiger partial charge on any atom is -0.394 e. The van der Waals surface area contributed by atoms with Gasteiger partial charge in [-0.3, -0.25) is 43.4 Å². The molecule has 19 N–H and O–H groups in total. The molecule has 0 spiro atoms. The number of amides is 9. The fraction of sp³-hybridized carbons (Fsp3) is 0.695. The predicted octanol–water partition coefficient (Wildman–Crippen LogP) is -6.41. The zero-order chi connectivity index (χ0) is 69.5. The van der Waals surface area contributed by atoms with E-state index >= 15 is 0 Å². The van der Waals surface area contributed by atoms with Crippen molar-refractivity contribution in [1.82, 2.24) is 51.4 Å². The molecule has 2 heterocycles. The van der Waals surface area contributed by atoms with Crippen LogP contribution in [0, 0.1) is 5.92 Å². The number of aliphatic hydroxyl groups excluding tert-OH is 11. The van der Waals surface area contributed by atoms with Gasteiger partial charge in [-0.05, 0) is 68.6 Å². The van der Waals surface area contributed by atoms with Gasteiger partial charge in [-0.1, -0.05) is 37.6 Å². The highest BCUT2D eigenvalue weighted by atomic mass is 16.6. The van der Waals surface area contributed by atoms with Gasteiger partial charge in [-0.2, -0.15) is 0 Å². The number of unbranched alkanes of at least 4 members (excludes halogenated alkanes) is 3. The molecule has 0 unspecified atom stereocenters. The van der Waals surface area contributed by atoms with Crippen molar-refractivity contribution >= 4 is 53.1 Å². The fourth-order valence-corrected chi connectivity index (χ4v) is 9.28. The topological polar surface area (TPSA) is 531 Å². The van der Waals surface area contributed by atoms with E-state index in [0.29, 0.717) is 43.4 Å². The number of anilines is 1. The second-order valence-electron chi connectivity index (χ2n) is 22.6. The number of hydrogen-bond donors (Lipinski definition) is 18. The molecule has 0 saturated carbocycles. The van der Waals surface area contributed by atoms with Crippen LogP contribution < -0.4 is 37.6 Å². The van der Waals surface area contributed by atoms with Gasteiger partial charge in [0.1, 0.15) is 60.4 Å². The Bertz CT molecular complexity index is 2560. The molecule has 0 radical (unpaired) electrons. The number of aliphatic hydroxyl groups is 11. The molecule has 0 aliphatic carbocycles. The standard InChI is InChI=1S/C59H98N12O23/c1-37(2)50(58(89)66-41(10-8-19-62-59(60)90)55(86)64-39-14-12-38(34-72)13-15-39)67-56(87)40(65-47(79)11-4-3-7-20-70-48(80)16-17-49(70)81)9-5-6-18-61-57(88)42-31-63-68-71(42)22-24-92-26-28-94-30-29-93-27-25-91-23-21-69(32-43(75)51(82)53(84)45(77)35-73)33-44(76)52(83)54(85)46(78)36-74/h12-17,31,37,40-41,43-46,50-54,72-78,82-85H,3-11,18-30,32-36H2,1-2H3,(H,61,88)(H,64,86)(H,65,79)(H,66,89)(H,67,87)(H3,60,62,90)/t40-,41-,43-,44-,45+,46+,50-,51+,52+,53+,54+/m0/s1. The molecular weight excluding hydrogens is 1240 g/mol. The average Bonchev–Trinajstić information content (AvgIpc) is 1.23.